The van der Waals surface area contributed by atoms with Gasteiger partial charge in [0, 0.05) is 0 Å². The summed E-state index contributed by atoms with van der Waals surface area (Å²) in [6.07, 6.45) is 15.7. The minimum absolute atomic E-state index is 0.864. The molecule has 0 bridgehead atoms. The monoisotopic (exact) mass is 284 g/mol. The topological polar surface area (TPSA) is 0 Å². The Kier molecular flexibility index (Phi) is 12.7. The van der Waals surface area contributed by atoms with Crippen molar-refractivity contribution < 1.29 is 4.48 Å². The molecule has 1 nitrogen and oxygen atoms in total. The Morgan fingerprint density at radius 2 is 1.10 bits per heavy atom. The van der Waals surface area contributed by atoms with Gasteiger partial charge in [-0.3, -0.25) is 0 Å². The summed E-state index contributed by atoms with van der Waals surface area (Å²) in [5.41, 5.74) is 0. The van der Waals surface area contributed by atoms with E-state index in [1.807, 2.05) is 0 Å². The van der Waals surface area contributed by atoms with Gasteiger partial charge in [0.25, 0.3) is 0 Å². The molecule has 0 amide bonds. The van der Waals surface area contributed by atoms with Crippen LogP contribution in [0.5, 0.6) is 0 Å². The summed E-state index contributed by atoms with van der Waals surface area (Å²) in [6.45, 7) is 9.69. The fourth-order valence-corrected chi connectivity index (χ4v) is 2.89. The lowest BCUT2D eigenvalue weighted by Crippen LogP contribution is -2.41. The molecule has 0 aromatic rings. The van der Waals surface area contributed by atoms with Gasteiger partial charge in [0.05, 0.1) is 27.2 Å². The van der Waals surface area contributed by atoms with Crippen LogP contribution in [0.1, 0.15) is 91.4 Å². The first-order chi connectivity index (χ1) is 9.48. The van der Waals surface area contributed by atoms with E-state index in [1.165, 1.54) is 88.2 Å². The lowest BCUT2D eigenvalue weighted by molar-refractivity contribution is -0.890. The predicted octanol–water partition coefficient (Wildman–Crippen LogP) is 6.03. The van der Waals surface area contributed by atoms with Crippen LogP contribution in [0.2, 0.25) is 0 Å². The second-order valence-corrected chi connectivity index (χ2v) is 7.75. The minimum atomic E-state index is 0.864. The molecular weight excluding hydrogens is 242 g/mol. The lowest BCUT2D eigenvalue weighted by Gasteiger charge is -2.30. The van der Waals surface area contributed by atoms with Crippen molar-refractivity contribution in [2.75, 3.05) is 27.2 Å². The van der Waals surface area contributed by atoms with Crippen LogP contribution in [0, 0.1) is 5.92 Å². The summed E-state index contributed by atoms with van der Waals surface area (Å²) in [7, 11) is 4.82. The van der Waals surface area contributed by atoms with E-state index in [9.17, 15) is 0 Å². The van der Waals surface area contributed by atoms with Crippen LogP contribution in [0.3, 0.4) is 0 Å². The highest BCUT2D eigenvalue weighted by molar-refractivity contribution is 4.48. The molecule has 0 aromatic heterocycles. The molecule has 0 saturated heterocycles. The van der Waals surface area contributed by atoms with Crippen LogP contribution in [0.25, 0.3) is 0 Å². The quantitative estimate of drug-likeness (QED) is 0.270. The van der Waals surface area contributed by atoms with Crippen molar-refractivity contribution in [2.24, 2.45) is 5.92 Å². The van der Waals surface area contributed by atoms with Gasteiger partial charge in [0.1, 0.15) is 0 Å². The van der Waals surface area contributed by atoms with Gasteiger partial charge >= 0.3 is 0 Å². The van der Waals surface area contributed by atoms with Crippen LogP contribution >= 0.6 is 0 Å². The molecule has 0 aliphatic heterocycles. The zero-order valence-corrected chi connectivity index (χ0v) is 15.2. The standard InChI is InChI=1S/C19H42N/c1-6-7-8-9-10-11-12-13-14-17-20(4,5)18-15-16-19(2)3/h19H,6-18H2,1-5H3/q+1. The van der Waals surface area contributed by atoms with Crippen LogP contribution in [0.15, 0.2) is 0 Å². The summed E-state index contributed by atoms with van der Waals surface area (Å²) in [6, 6.07) is 0. The zero-order valence-electron chi connectivity index (χ0n) is 15.2. The molecule has 0 spiro atoms. The van der Waals surface area contributed by atoms with Crippen molar-refractivity contribution in [1.29, 1.82) is 0 Å². The van der Waals surface area contributed by atoms with E-state index in [4.69, 9.17) is 0 Å². The molecular formula is C19H42N+. The van der Waals surface area contributed by atoms with E-state index in [1.54, 1.807) is 0 Å². The maximum atomic E-state index is 2.41. The predicted molar refractivity (Wildman–Crippen MR) is 93.1 cm³/mol. The Morgan fingerprint density at radius 3 is 1.60 bits per heavy atom. The molecule has 0 heterocycles. The van der Waals surface area contributed by atoms with Crippen LogP contribution in [-0.4, -0.2) is 31.7 Å². The van der Waals surface area contributed by atoms with Crippen molar-refractivity contribution in [1.82, 2.24) is 0 Å². The van der Waals surface area contributed by atoms with E-state index in [0.717, 1.165) is 5.92 Å². The van der Waals surface area contributed by atoms with Crippen molar-refractivity contribution in [2.45, 2.75) is 91.4 Å². The fraction of sp³-hybridized carbons (Fsp3) is 1.00. The van der Waals surface area contributed by atoms with Gasteiger partial charge in [-0.25, -0.2) is 0 Å². The summed E-state index contributed by atoms with van der Waals surface area (Å²) >= 11 is 0. The van der Waals surface area contributed by atoms with Gasteiger partial charge in [-0.05, 0) is 31.6 Å². The first kappa shape index (κ1) is 20.0. The Labute approximate surface area is 129 Å². The third-order valence-corrected chi connectivity index (χ3v) is 4.41. The molecule has 0 radical (unpaired) electrons. The molecule has 0 aliphatic rings. The number of hydrogen-bond donors (Lipinski definition) is 0. The second-order valence-electron chi connectivity index (χ2n) is 7.75. The van der Waals surface area contributed by atoms with Crippen LogP contribution in [-0.2, 0) is 0 Å². The number of hydrogen-bond acceptors (Lipinski definition) is 0. The van der Waals surface area contributed by atoms with Crippen molar-refractivity contribution in [3.63, 3.8) is 0 Å². The average Bonchev–Trinajstić information content (AvgIpc) is 2.36. The maximum absolute atomic E-state index is 2.41. The SMILES string of the molecule is CCCCCCCCCCC[N+](C)(C)CCCC(C)C. The van der Waals surface area contributed by atoms with E-state index in [0.29, 0.717) is 0 Å². The molecule has 0 aliphatic carbocycles. The molecule has 0 unspecified atom stereocenters. The number of nitrogens with zero attached hydrogens (tertiary/aromatic N) is 1. The highest BCUT2D eigenvalue weighted by atomic mass is 15.3. The molecule has 122 valence electrons. The fourth-order valence-electron chi connectivity index (χ4n) is 2.89. The molecule has 0 aromatic carbocycles. The van der Waals surface area contributed by atoms with Crippen molar-refractivity contribution in [3.05, 3.63) is 0 Å². The van der Waals surface area contributed by atoms with Crippen LogP contribution in [0.4, 0.5) is 0 Å². The van der Waals surface area contributed by atoms with E-state index >= 15 is 0 Å². The Balaban J connectivity index is 3.35. The maximum Gasteiger partial charge on any atom is 0.0782 e. The molecule has 20 heavy (non-hydrogen) atoms. The first-order valence-electron chi connectivity index (χ1n) is 9.30. The third kappa shape index (κ3) is 14.4. The Bertz CT molecular complexity index is 196. The molecule has 0 saturated carbocycles. The lowest BCUT2D eigenvalue weighted by atomic mass is 10.1. The summed E-state index contributed by atoms with van der Waals surface area (Å²) in [5, 5.41) is 0. The number of quaternary nitrogens is 1. The van der Waals surface area contributed by atoms with Gasteiger partial charge in [-0.15, -0.1) is 0 Å². The minimum Gasteiger partial charge on any atom is -0.328 e. The molecule has 0 atom stereocenters. The summed E-state index contributed by atoms with van der Waals surface area (Å²) < 4.78 is 1.23. The Morgan fingerprint density at radius 1 is 0.650 bits per heavy atom. The molecule has 0 rings (SSSR count). The van der Waals surface area contributed by atoms with E-state index in [-0.39, 0.29) is 0 Å². The van der Waals surface area contributed by atoms with Crippen molar-refractivity contribution in [3.8, 4) is 0 Å². The first-order valence-corrected chi connectivity index (χ1v) is 9.30. The highest BCUT2D eigenvalue weighted by Crippen LogP contribution is 2.12. The van der Waals surface area contributed by atoms with Gasteiger partial charge in [-0.1, -0.05) is 65.7 Å². The summed E-state index contributed by atoms with van der Waals surface area (Å²) in [5.74, 6) is 0.864. The number of rotatable bonds is 14. The normalized spacial score (nSPS) is 12.3. The van der Waals surface area contributed by atoms with Gasteiger partial charge in [-0.2, -0.15) is 0 Å². The van der Waals surface area contributed by atoms with Gasteiger partial charge < -0.3 is 4.48 Å². The molecule has 1 heteroatoms. The van der Waals surface area contributed by atoms with Crippen LogP contribution < -0.4 is 0 Å². The smallest absolute Gasteiger partial charge is 0.0782 e. The van der Waals surface area contributed by atoms with Gasteiger partial charge in [0.15, 0.2) is 0 Å². The highest BCUT2D eigenvalue weighted by Gasteiger charge is 2.13. The zero-order chi connectivity index (χ0) is 15.3. The largest absolute Gasteiger partial charge is 0.328 e. The van der Waals surface area contributed by atoms with E-state index < -0.39 is 0 Å². The van der Waals surface area contributed by atoms with E-state index in [2.05, 4.69) is 34.9 Å². The molecule has 0 N–H and O–H groups in total. The third-order valence-electron chi connectivity index (χ3n) is 4.41. The van der Waals surface area contributed by atoms with Crippen molar-refractivity contribution >= 4 is 0 Å². The van der Waals surface area contributed by atoms with Gasteiger partial charge in [0.2, 0.25) is 0 Å². The average molecular weight is 285 g/mol. The Hall–Kier alpha value is -0.0400. The molecule has 0 fully saturated rings. The number of unbranched alkanes of at least 4 members (excludes halogenated alkanes) is 8. The second kappa shape index (κ2) is 12.7. The summed E-state index contributed by atoms with van der Waals surface area (Å²) in [4.78, 5) is 0.